The van der Waals surface area contributed by atoms with Crippen LogP contribution in [0.4, 0.5) is 0 Å². The predicted molar refractivity (Wildman–Crippen MR) is 82.1 cm³/mol. The van der Waals surface area contributed by atoms with E-state index in [-0.39, 0.29) is 12.5 Å². The van der Waals surface area contributed by atoms with Crippen LogP contribution in [0.3, 0.4) is 0 Å². The fourth-order valence-corrected chi connectivity index (χ4v) is 3.09. The first-order chi connectivity index (χ1) is 10.1. The number of aliphatic hydroxyl groups is 1. The first-order valence-corrected chi connectivity index (χ1v) is 7.73. The third-order valence-corrected chi connectivity index (χ3v) is 4.14. The van der Waals surface area contributed by atoms with Gasteiger partial charge in [0.15, 0.2) is 0 Å². The van der Waals surface area contributed by atoms with Crippen LogP contribution in [0.1, 0.15) is 39.0 Å². The van der Waals surface area contributed by atoms with Crippen molar-refractivity contribution in [3.8, 4) is 5.75 Å². The summed E-state index contributed by atoms with van der Waals surface area (Å²) in [5.74, 6) is 1.27. The quantitative estimate of drug-likeness (QED) is 0.846. The Hall–Kier alpha value is -1.55. The average molecular weight is 291 g/mol. The van der Waals surface area contributed by atoms with Crippen molar-refractivity contribution in [1.29, 1.82) is 0 Å². The maximum Gasteiger partial charge on any atom is 0.223 e. The van der Waals surface area contributed by atoms with Gasteiger partial charge in [-0.05, 0) is 30.9 Å². The van der Waals surface area contributed by atoms with Crippen molar-refractivity contribution in [3.05, 3.63) is 30.3 Å². The highest BCUT2D eigenvalue weighted by molar-refractivity contribution is 5.77. The van der Waals surface area contributed by atoms with E-state index >= 15 is 0 Å². The van der Waals surface area contributed by atoms with Crippen molar-refractivity contribution in [1.82, 2.24) is 5.32 Å². The van der Waals surface area contributed by atoms with Crippen LogP contribution in [0.25, 0.3) is 0 Å². The molecule has 1 aliphatic carbocycles. The fraction of sp³-hybridized carbons (Fsp3) is 0.588. The maximum absolute atomic E-state index is 12.1. The minimum absolute atomic E-state index is 0.0165. The van der Waals surface area contributed by atoms with Crippen LogP contribution in [-0.4, -0.2) is 29.8 Å². The van der Waals surface area contributed by atoms with E-state index in [1.54, 1.807) is 0 Å². The molecule has 0 aliphatic heterocycles. The number of carbonyl (C=O) groups is 1. The molecule has 1 aliphatic rings. The van der Waals surface area contributed by atoms with Gasteiger partial charge >= 0.3 is 0 Å². The number of hydrogen-bond acceptors (Lipinski definition) is 3. The first kappa shape index (κ1) is 15.8. The molecule has 2 unspecified atom stereocenters. The van der Waals surface area contributed by atoms with Gasteiger partial charge in [0.25, 0.3) is 0 Å². The summed E-state index contributed by atoms with van der Waals surface area (Å²) in [6.45, 7) is 2.55. The Kier molecular flexibility index (Phi) is 5.62. The van der Waals surface area contributed by atoms with Gasteiger partial charge in [-0.1, -0.05) is 38.0 Å². The highest BCUT2D eigenvalue weighted by Crippen LogP contribution is 2.32. The molecule has 0 heterocycles. The van der Waals surface area contributed by atoms with Crippen LogP contribution >= 0.6 is 0 Å². The minimum Gasteiger partial charge on any atom is -0.493 e. The molecule has 116 valence electrons. The molecule has 2 rings (SSSR count). The monoisotopic (exact) mass is 291 g/mol. The number of rotatable bonds is 6. The normalized spacial score (nSPS) is 25.3. The smallest absolute Gasteiger partial charge is 0.223 e. The molecule has 1 aromatic carbocycles. The van der Waals surface area contributed by atoms with Gasteiger partial charge in [0.1, 0.15) is 5.75 Å². The summed E-state index contributed by atoms with van der Waals surface area (Å²) in [5, 5.41) is 12.7. The van der Waals surface area contributed by atoms with Crippen molar-refractivity contribution in [3.63, 3.8) is 0 Å². The van der Waals surface area contributed by atoms with Gasteiger partial charge in [0.05, 0.1) is 25.2 Å². The first-order valence-electron chi connectivity index (χ1n) is 7.73. The SMILES string of the molecule is CC1CCCC(CO)(NC(=O)CCOc2ccccc2)C1. The van der Waals surface area contributed by atoms with E-state index in [4.69, 9.17) is 4.74 Å². The molecule has 21 heavy (non-hydrogen) atoms. The molecule has 2 N–H and O–H groups in total. The number of carbonyl (C=O) groups excluding carboxylic acids is 1. The fourth-order valence-electron chi connectivity index (χ4n) is 3.09. The van der Waals surface area contributed by atoms with E-state index in [0.29, 0.717) is 18.9 Å². The molecule has 2 atom stereocenters. The second kappa shape index (κ2) is 7.46. The summed E-state index contributed by atoms with van der Waals surface area (Å²) >= 11 is 0. The Morgan fingerprint density at radius 1 is 1.43 bits per heavy atom. The van der Waals surface area contributed by atoms with Crippen LogP contribution in [0.15, 0.2) is 30.3 Å². The molecule has 1 fully saturated rings. The summed E-state index contributed by atoms with van der Waals surface area (Å²) in [6.07, 6.45) is 4.26. The Bertz CT molecular complexity index is 449. The van der Waals surface area contributed by atoms with E-state index in [0.717, 1.165) is 25.0 Å². The maximum atomic E-state index is 12.1. The summed E-state index contributed by atoms with van der Waals surface area (Å²) in [6, 6.07) is 9.47. The molecular weight excluding hydrogens is 266 g/mol. The van der Waals surface area contributed by atoms with Crippen LogP contribution in [0.2, 0.25) is 0 Å². The zero-order chi connectivity index (χ0) is 15.1. The lowest BCUT2D eigenvalue weighted by molar-refractivity contribution is -0.124. The second-order valence-electron chi connectivity index (χ2n) is 6.10. The van der Waals surface area contributed by atoms with E-state index in [9.17, 15) is 9.90 Å². The van der Waals surface area contributed by atoms with E-state index < -0.39 is 5.54 Å². The molecule has 0 bridgehead atoms. The standard InChI is InChI=1S/C17H25NO3/c1-14-6-5-10-17(12-14,13-19)18-16(20)9-11-21-15-7-3-2-4-8-15/h2-4,7-8,14,19H,5-6,9-13H2,1H3,(H,18,20). The van der Waals surface area contributed by atoms with E-state index in [1.807, 2.05) is 30.3 Å². The molecule has 0 saturated heterocycles. The van der Waals surface area contributed by atoms with Crippen molar-refractivity contribution in [2.24, 2.45) is 5.92 Å². The highest BCUT2D eigenvalue weighted by atomic mass is 16.5. The number of para-hydroxylation sites is 1. The van der Waals surface area contributed by atoms with E-state index in [1.165, 1.54) is 6.42 Å². The number of ether oxygens (including phenoxy) is 1. The van der Waals surface area contributed by atoms with E-state index in [2.05, 4.69) is 12.2 Å². The highest BCUT2D eigenvalue weighted by Gasteiger charge is 2.35. The van der Waals surface area contributed by atoms with Gasteiger partial charge in [0, 0.05) is 0 Å². The van der Waals surface area contributed by atoms with Gasteiger partial charge in [-0.25, -0.2) is 0 Å². The topological polar surface area (TPSA) is 58.6 Å². The molecular formula is C17H25NO3. The Balaban J connectivity index is 1.77. The third-order valence-electron chi connectivity index (χ3n) is 4.14. The van der Waals surface area contributed by atoms with Gasteiger partial charge in [-0.15, -0.1) is 0 Å². The summed E-state index contributed by atoms with van der Waals surface area (Å²) in [7, 11) is 0. The number of amides is 1. The molecule has 0 radical (unpaired) electrons. The van der Waals surface area contributed by atoms with Gasteiger partial charge < -0.3 is 15.2 Å². The van der Waals surface area contributed by atoms with Crippen molar-refractivity contribution < 1.29 is 14.6 Å². The largest absolute Gasteiger partial charge is 0.493 e. The van der Waals surface area contributed by atoms with Gasteiger partial charge in [-0.3, -0.25) is 4.79 Å². The molecule has 1 amide bonds. The Morgan fingerprint density at radius 3 is 2.86 bits per heavy atom. The number of benzene rings is 1. The molecule has 4 heteroatoms. The second-order valence-corrected chi connectivity index (χ2v) is 6.10. The van der Waals surface area contributed by atoms with Crippen molar-refractivity contribution >= 4 is 5.91 Å². The predicted octanol–water partition coefficient (Wildman–Crippen LogP) is 2.51. The lowest BCUT2D eigenvalue weighted by atomic mass is 9.77. The lowest BCUT2D eigenvalue weighted by Crippen LogP contribution is -2.54. The Morgan fingerprint density at radius 2 is 2.19 bits per heavy atom. The van der Waals surface area contributed by atoms with Crippen LogP contribution in [0, 0.1) is 5.92 Å². The summed E-state index contributed by atoms with van der Waals surface area (Å²) in [4.78, 5) is 12.1. The number of hydrogen-bond donors (Lipinski definition) is 2. The van der Waals surface area contributed by atoms with Crippen molar-refractivity contribution in [2.75, 3.05) is 13.2 Å². The van der Waals surface area contributed by atoms with Gasteiger partial charge in [0.2, 0.25) is 5.91 Å². The minimum atomic E-state index is -0.429. The molecule has 1 saturated carbocycles. The number of nitrogens with one attached hydrogen (secondary N) is 1. The zero-order valence-electron chi connectivity index (χ0n) is 12.7. The summed E-state index contributed by atoms with van der Waals surface area (Å²) < 4.78 is 5.53. The Labute approximate surface area is 126 Å². The van der Waals surface area contributed by atoms with Crippen LogP contribution in [0.5, 0.6) is 5.75 Å². The summed E-state index contributed by atoms with van der Waals surface area (Å²) in [5.41, 5.74) is -0.429. The average Bonchev–Trinajstić information content (AvgIpc) is 2.48. The van der Waals surface area contributed by atoms with Crippen LogP contribution in [-0.2, 0) is 4.79 Å². The number of aliphatic hydroxyl groups excluding tert-OH is 1. The van der Waals surface area contributed by atoms with Crippen LogP contribution < -0.4 is 10.1 Å². The molecule has 4 nitrogen and oxygen atoms in total. The molecule has 0 spiro atoms. The zero-order valence-corrected chi connectivity index (χ0v) is 12.7. The third kappa shape index (κ3) is 4.74. The molecule has 1 aromatic rings. The molecule has 0 aromatic heterocycles. The van der Waals surface area contributed by atoms with Crippen molar-refractivity contribution in [2.45, 2.75) is 44.6 Å². The van der Waals surface area contributed by atoms with Gasteiger partial charge in [-0.2, -0.15) is 0 Å². The lowest BCUT2D eigenvalue weighted by Gasteiger charge is -2.39.